The number of Topliss-reactive ketones (excluding diaryl/α,β-unsaturated/α-hetero) is 1. The van der Waals surface area contributed by atoms with Gasteiger partial charge < -0.3 is 24.3 Å². The van der Waals surface area contributed by atoms with Crippen LogP contribution in [-0.2, 0) is 4.79 Å². The summed E-state index contributed by atoms with van der Waals surface area (Å²) < 4.78 is 20.8. The Hall–Kier alpha value is -8.04. The van der Waals surface area contributed by atoms with Crippen molar-refractivity contribution in [3.05, 3.63) is 174 Å². The molecule has 435 valence electrons. The van der Waals surface area contributed by atoms with Crippen LogP contribution < -0.4 is 14.1 Å². The number of para-hydroxylation sites is 4. The van der Waals surface area contributed by atoms with Gasteiger partial charge in [-0.3, -0.25) is 9.59 Å². The van der Waals surface area contributed by atoms with Crippen LogP contribution in [0.5, 0.6) is 16.6 Å². The molecular formula is C72H70BN4O7S2. The van der Waals surface area contributed by atoms with Gasteiger partial charge in [-0.2, -0.15) is 0 Å². The molecule has 8 aromatic carbocycles. The molecule has 0 spiro atoms. The SMILES string of the molecule is CC(=O)O.CC(=O)c1cc2ccccc2s1.C[C@H]1CC[C@H]2[C@H](C1)c1c(c3ccccc3c3nc4ccccc4nc13)OC2(C)C.C[C@H]1CC[C@H]2[C@H](C1)c1c(c3ccccc3c3nc4ccccc4nc13)OC2(C)C.O[B]Oc1cc2ccccc2s1. The summed E-state index contributed by atoms with van der Waals surface area (Å²) in [7, 11) is 0.699. The van der Waals surface area contributed by atoms with Gasteiger partial charge in [-0.15, -0.1) is 22.7 Å². The molecule has 2 saturated carbocycles. The molecule has 6 heterocycles. The molecule has 0 unspecified atom stereocenters. The first-order chi connectivity index (χ1) is 41.5. The van der Waals surface area contributed by atoms with Crippen LogP contribution in [-0.4, -0.2) is 60.7 Å². The molecule has 2 fully saturated rings. The first-order valence-corrected chi connectivity index (χ1v) is 31.5. The number of fused-ring (bicyclic) bond motifs is 20. The summed E-state index contributed by atoms with van der Waals surface area (Å²) in [5.41, 5.74) is 10.2. The Bertz CT molecular complexity index is 4270. The van der Waals surface area contributed by atoms with Crippen molar-refractivity contribution in [2.24, 2.45) is 23.7 Å². The third-order valence-electron chi connectivity index (χ3n) is 17.8. The Morgan fingerprint density at radius 2 is 0.895 bits per heavy atom. The predicted octanol–water partition coefficient (Wildman–Crippen LogP) is 18.3. The maximum absolute atomic E-state index is 11.0. The molecule has 0 amide bonds. The minimum atomic E-state index is -0.833. The van der Waals surface area contributed by atoms with Crippen LogP contribution in [0.1, 0.15) is 127 Å². The number of aromatic nitrogens is 4. The van der Waals surface area contributed by atoms with E-state index in [-0.39, 0.29) is 17.0 Å². The lowest BCUT2D eigenvalue weighted by molar-refractivity contribution is -0.134. The highest BCUT2D eigenvalue weighted by Gasteiger charge is 2.49. The van der Waals surface area contributed by atoms with Crippen molar-refractivity contribution in [3.63, 3.8) is 0 Å². The highest BCUT2D eigenvalue weighted by Crippen LogP contribution is 2.58. The zero-order valence-corrected chi connectivity index (χ0v) is 51.5. The van der Waals surface area contributed by atoms with Crippen LogP contribution in [0.25, 0.3) is 85.9 Å². The van der Waals surface area contributed by atoms with Gasteiger partial charge in [-0.25, -0.2) is 19.9 Å². The van der Waals surface area contributed by atoms with Crippen LogP contribution in [0.3, 0.4) is 0 Å². The maximum atomic E-state index is 11.0. The molecule has 14 heteroatoms. The van der Waals surface area contributed by atoms with Crippen LogP contribution in [0.2, 0.25) is 0 Å². The largest absolute Gasteiger partial charge is 0.569 e. The summed E-state index contributed by atoms with van der Waals surface area (Å²) in [5.74, 6) is 4.83. The van der Waals surface area contributed by atoms with Gasteiger partial charge in [0.15, 0.2) is 10.8 Å². The van der Waals surface area contributed by atoms with E-state index in [2.05, 4.69) is 114 Å². The molecule has 2 aliphatic carbocycles. The second kappa shape index (κ2) is 24.0. The minimum Gasteiger partial charge on any atom is -0.530 e. The van der Waals surface area contributed by atoms with Gasteiger partial charge >= 0.3 is 7.69 Å². The number of hydrogen-bond acceptors (Lipinski definition) is 12. The van der Waals surface area contributed by atoms with Crippen LogP contribution in [0, 0.1) is 23.7 Å². The molecule has 4 aliphatic rings. The molecule has 12 aromatic rings. The van der Waals surface area contributed by atoms with E-state index in [4.69, 9.17) is 49.0 Å². The number of rotatable bonds is 3. The summed E-state index contributed by atoms with van der Waals surface area (Å²) in [6.45, 7) is 16.6. The first kappa shape index (κ1) is 58.4. The van der Waals surface area contributed by atoms with E-state index in [0.29, 0.717) is 36.4 Å². The zero-order chi connectivity index (χ0) is 60.0. The lowest BCUT2D eigenvalue weighted by atomic mass is 9.64. The monoisotopic (exact) mass is 1180 g/mol. The van der Waals surface area contributed by atoms with Gasteiger partial charge in [0.1, 0.15) is 22.7 Å². The number of thiophene rings is 2. The van der Waals surface area contributed by atoms with E-state index in [1.165, 1.54) is 76.5 Å². The Morgan fingerprint density at radius 1 is 0.523 bits per heavy atom. The molecule has 0 bridgehead atoms. The van der Waals surface area contributed by atoms with E-state index < -0.39 is 5.97 Å². The van der Waals surface area contributed by atoms with Gasteiger partial charge in [0.2, 0.25) is 0 Å². The number of hydrogen-bond donors (Lipinski definition) is 2. The number of aliphatic carboxylic acids is 1. The summed E-state index contributed by atoms with van der Waals surface area (Å²) in [5, 5.41) is 23.4. The topological polar surface area (TPSA) is 154 Å². The van der Waals surface area contributed by atoms with Crippen LogP contribution >= 0.6 is 22.7 Å². The molecule has 86 heavy (non-hydrogen) atoms. The number of carboxylic acid groups (broad SMARTS) is 1. The number of ether oxygens (including phenoxy) is 2. The van der Waals surface area contributed by atoms with Crippen molar-refractivity contribution in [1.82, 2.24) is 19.9 Å². The molecule has 1 radical (unpaired) electrons. The van der Waals surface area contributed by atoms with Crippen molar-refractivity contribution in [2.75, 3.05) is 0 Å². The van der Waals surface area contributed by atoms with Gasteiger partial charge in [-0.1, -0.05) is 136 Å². The van der Waals surface area contributed by atoms with Crippen molar-refractivity contribution >= 4 is 128 Å². The van der Waals surface area contributed by atoms with Crippen molar-refractivity contribution in [3.8, 4) is 16.6 Å². The lowest BCUT2D eigenvalue weighted by Crippen LogP contribution is -2.46. The Balaban J connectivity index is 0.000000118. The predicted molar refractivity (Wildman–Crippen MR) is 353 cm³/mol. The number of carboxylic acids is 1. The fourth-order valence-electron chi connectivity index (χ4n) is 13.9. The van der Waals surface area contributed by atoms with E-state index in [1.807, 2.05) is 84.9 Å². The highest BCUT2D eigenvalue weighted by molar-refractivity contribution is 7.21. The van der Waals surface area contributed by atoms with Crippen LogP contribution in [0.4, 0.5) is 0 Å². The first-order valence-electron chi connectivity index (χ1n) is 29.9. The third-order valence-corrected chi connectivity index (χ3v) is 20.0. The molecule has 2 aliphatic heterocycles. The van der Waals surface area contributed by atoms with Crippen molar-refractivity contribution in [1.29, 1.82) is 0 Å². The molecule has 4 aromatic heterocycles. The molecular weight excluding hydrogens is 1110 g/mol. The second-order valence-electron chi connectivity index (χ2n) is 24.6. The van der Waals surface area contributed by atoms with Gasteiger partial charge in [0.25, 0.3) is 5.97 Å². The molecule has 16 rings (SSSR count). The van der Waals surface area contributed by atoms with E-state index in [9.17, 15) is 4.79 Å². The summed E-state index contributed by atoms with van der Waals surface area (Å²) in [6.07, 6.45) is 7.40. The highest BCUT2D eigenvalue weighted by atomic mass is 32.1. The quantitative estimate of drug-likeness (QED) is 0.0752. The molecule has 0 saturated heterocycles. The van der Waals surface area contributed by atoms with Gasteiger partial charge in [0.05, 0.1) is 49.0 Å². The second-order valence-corrected chi connectivity index (χ2v) is 26.7. The fourth-order valence-corrected chi connectivity index (χ4v) is 15.7. The number of carbonyl (C=O) groups is 2. The van der Waals surface area contributed by atoms with E-state index in [1.54, 1.807) is 18.3 Å². The number of benzene rings is 8. The Morgan fingerprint density at radius 3 is 1.30 bits per heavy atom. The van der Waals surface area contributed by atoms with Gasteiger partial charge in [0, 0.05) is 60.8 Å². The summed E-state index contributed by atoms with van der Waals surface area (Å²) in [4.78, 5) is 41.4. The van der Waals surface area contributed by atoms with E-state index in [0.717, 1.165) is 106 Å². The lowest BCUT2D eigenvalue weighted by Gasteiger charge is -2.49. The van der Waals surface area contributed by atoms with Crippen LogP contribution in [0.15, 0.2) is 158 Å². The van der Waals surface area contributed by atoms with Gasteiger partial charge in [-0.05, 0) is 143 Å². The maximum Gasteiger partial charge on any atom is 0.569 e. The Labute approximate surface area is 509 Å². The molecule has 2 N–H and O–H groups in total. The van der Waals surface area contributed by atoms with Crippen molar-refractivity contribution < 1.29 is 33.8 Å². The third kappa shape index (κ3) is 11.5. The number of carbonyl (C=O) groups excluding carboxylic acids is 1. The fraction of sp³-hybridized carbons (Fsp3) is 0.306. The summed E-state index contributed by atoms with van der Waals surface area (Å²) in [6, 6.07) is 53.3. The summed E-state index contributed by atoms with van der Waals surface area (Å²) >= 11 is 3.06. The van der Waals surface area contributed by atoms with E-state index >= 15 is 0 Å². The standard InChI is InChI=1S/2C26H26N2O.C10H8OS.C8H6BO2S.C2H4O2/c2*1-15-12-13-19-18(14-15)22-24-23(27-20-10-6-7-11-21(20)28-24)16-8-4-5-9-17(16)25(22)29-26(19,2)3;1-7(11)10-6-8-4-2-3-5-9(8)12-10;10-9-11-8-5-6-3-1-2-4-7(6)12-8;1-2(3)4/h2*4-11,15,18-19H,12-14H2,1-3H3;2-6H,1H3;1-5,10H;1H3,(H,3,4)/t2*15-,18-,19-;;;/m00.../s1. The molecule has 11 nitrogen and oxygen atoms in total. The normalized spacial score (nSPS) is 20.4. The molecule has 6 atom stereocenters. The average molecular weight is 1180 g/mol. The smallest absolute Gasteiger partial charge is 0.530 e. The minimum absolute atomic E-state index is 0.149. The number of nitrogens with zero attached hydrogens (tertiary/aromatic N) is 4. The average Bonchev–Trinajstić information content (AvgIpc) is 1.15. The zero-order valence-electron chi connectivity index (χ0n) is 49.8. The Kier molecular flexibility index (Phi) is 16.3. The van der Waals surface area contributed by atoms with Crippen molar-refractivity contribution in [2.45, 2.75) is 117 Å². The number of ketones is 1.